The second-order valence-corrected chi connectivity index (χ2v) is 4.50. The van der Waals surface area contributed by atoms with Gasteiger partial charge in [-0.1, -0.05) is 0 Å². The molecule has 0 spiro atoms. The van der Waals surface area contributed by atoms with Crippen LogP contribution < -0.4 is 11.0 Å². The van der Waals surface area contributed by atoms with Crippen LogP contribution in [0.1, 0.15) is 12.8 Å². The summed E-state index contributed by atoms with van der Waals surface area (Å²) in [4.78, 5) is 14.5. The zero-order valence-corrected chi connectivity index (χ0v) is 9.37. The fourth-order valence-electron chi connectivity index (χ4n) is 2.44. The van der Waals surface area contributed by atoms with E-state index in [-0.39, 0.29) is 11.5 Å². The van der Waals surface area contributed by atoms with E-state index in [0.717, 1.165) is 19.4 Å². The maximum absolute atomic E-state index is 13.2. The van der Waals surface area contributed by atoms with Crippen molar-refractivity contribution in [1.29, 1.82) is 0 Å². The SMILES string of the molecule is O=c1[nH]c2ccc(F)cc2n1CC1CCCN1. The van der Waals surface area contributed by atoms with Crippen LogP contribution >= 0.6 is 0 Å². The van der Waals surface area contributed by atoms with E-state index in [1.54, 1.807) is 10.6 Å². The van der Waals surface area contributed by atoms with E-state index < -0.39 is 0 Å². The molecule has 0 aliphatic carbocycles. The summed E-state index contributed by atoms with van der Waals surface area (Å²) in [6, 6.07) is 4.68. The van der Waals surface area contributed by atoms with Crippen LogP contribution in [-0.4, -0.2) is 22.1 Å². The van der Waals surface area contributed by atoms with E-state index in [1.165, 1.54) is 12.1 Å². The summed E-state index contributed by atoms with van der Waals surface area (Å²) in [5.74, 6) is -0.315. The number of benzene rings is 1. The van der Waals surface area contributed by atoms with Crippen molar-refractivity contribution in [2.24, 2.45) is 0 Å². The van der Waals surface area contributed by atoms with Gasteiger partial charge in [-0.25, -0.2) is 9.18 Å². The van der Waals surface area contributed by atoms with Crippen molar-refractivity contribution >= 4 is 11.0 Å². The highest BCUT2D eigenvalue weighted by atomic mass is 19.1. The maximum atomic E-state index is 13.2. The molecule has 17 heavy (non-hydrogen) atoms. The van der Waals surface area contributed by atoms with Gasteiger partial charge in [-0.15, -0.1) is 0 Å². The number of nitrogens with one attached hydrogen (secondary N) is 2. The van der Waals surface area contributed by atoms with Crippen LogP contribution in [0.15, 0.2) is 23.0 Å². The number of H-pyrrole nitrogens is 1. The molecule has 3 rings (SSSR count). The summed E-state index contributed by atoms with van der Waals surface area (Å²) in [6.45, 7) is 1.60. The Balaban J connectivity index is 2.04. The zero-order chi connectivity index (χ0) is 11.8. The van der Waals surface area contributed by atoms with Gasteiger partial charge < -0.3 is 10.3 Å². The van der Waals surface area contributed by atoms with Crippen molar-refractivity contribution in [3.05, 3.63) is 34.5 Å². The Morgan fingerprint density at radius 2 is 2.35 bits per heavy atom. The number of aromatic amines is 1. The largest absolute Gasteiger partial charge is 0.326 e. The number of fused-ring (bicyclic) bond motifs is 1. The Morgan fingerprint density at radius 1 is 1.47 bits per heavy atom. The van der Waals surface area contributed by atoms with Crippen LogP contribution in [0.5, 0.6) is 0 Å². The molecule has 1 saturated heterocycles. The van der Waals surface area contributed by atoms with Crippen LogP contribution in [0.3, 0.4) is 0 Å². The average Bonchev–Trinajstić information content (AvgIpc) is 2.90. The molecule has 0 amide bonds. The molecule has 1 aromatic heterocycles. The molecule has 1 unspecified atom stereocenters. The minimum Gasteiger partial charge on any atom is -0.312 e. The van der Waals surface area contributed by atoms with Crippen LogP contribution in [0.4, 0.5) is 4.39 Å². The first-order valence-electron chi connectivity index (χ1n) is 5.85. The van der Waals surface area contributed by atoms with Gasteiger partial charge in [0.05, 0.1) is 11.0 Å². The van der Waals surface area contributed by atoms with Crippen molar-refractivity contribution < 1.29 is 4.39 Å². The Kier molecular flexibility index (Phi) is 2.48. The molecular weight excluding hydrogens is 221 g/mol. The molecule has 5 heteroatoms. The first-order chi connectivity index (χ1) is 8.24. The predicted molar refractivity (Wildman–Crippen MR) is 63.5 cm³/mol. The molecule has 4 nitrogen and oxygen atoms in total. The predicted octanol–water partition coefficient (Wildman–Crippen LogP) is 1.22. The molecule has 1 fully saturated rings. The third-order valence-electron chi connectivity index (χ3n) is 3.30. The molecule has 2 heterocycles. The van der Waals surface area contributed by atoms with E-state index in [1.807, 2.05) is 0 Å². The zero-order valence-electron chi connectivity index (χ0n) is 9.37. The van der Waals surface area contributed by atoms with Crippen LogP contribution in [0.2, 0.25) is 0 Å². The smallest absolute Gasteiger partial charge is 0.312 e. The van der Waals surface area contributed by atoms with Crippen molar-refractivity contribution in [3.63, 3.8) is 0 Å². The number of hydrogen-bond acceptors (Lipinski definition) is 2. The molecule has 1 aliphatic rings. The van der Waals surface area contributed by atoms with Crippen molar-refractivity contribution in [2.75, 3.05) is 6.54 Å². The summed E-state index contributed by atoms with van der Waals surface area (Å²) < 4.78 is 14.8. The lowest BCUT2D eigenvalue weighted by Crippen LogP contribution is -2.31. The minimum atomic E-state index is -0.315. The van der Waals surface area contributed by atoms with Gasteiger partial charge in [0.15, 0.2) is 0 Å². The van der Waals surface area contributed by atoms with Gasteiger partial charge in [-0.2, -0.15) is 0 Å². The molecule has 2 N–H and O–H groups in total. The van der Waals surface area contributed by atoms with Crippen molar-refractivity contribution in [3.8, 4) is 0 Å². The summed E-state index contributed by atoms with van der Waals surface area (Å²) in [5.41, 5.74) is 1.16. The quantitative estimate of drug-likeness (QED) is 0.822. The molecule has 1 aliphatic heterocycles. The molecular formula is C12H14FN3O. The molecule has 90 valence electrons. The first-order valence-corrected chi connectivity index (χ1v) is 5.85. The highest BCUT2D eigenvalue weighted by molar-refractivity contribution is 5.75. The molecule has 0 bridgehead atoms. The van der Waals surface area contributed by atoms with Gasteiger partial charge in [0.1, 0.15) is 5.82 Å². The van der Waals surface area contributed by atoms with Gasteiger partial charge in [0.25, 0.3) is 0 Å². The maximum Gasteiger partial charge on any atom is 0.326 e. The Morgan fingerprint density at radius 3 is 3.12 bits per heavy atom. The molecule has 0 saturated carbocycles. The van der Waals surface area contributed by atoms with Gasteiger partial charge in [-0.05, 0) is 37.6 Å². The Hall–Kier alpha value is -1.62. The Bertz CT molecular complexity index is 595. The van der Waals surface area contributed by atoms with Gasteiger partial charge >= 0.3 is 5.69 Å². The van der Waals surface area contributed by atoms with E-state index in [9.17, 15) is 9.18 Å². The van der Waals surface area contributed by atoms with Crippen molar-refractivity contribution in [2.45, 2.75) is 25.4 Å². The monoisotopic (exact) mass is 235 g/mol. The lowest BCUT2D eigenvalue weighted by molar-refractivity contribution is 0.508. The summed E-state index contributed by atoms with van der Waals surface area (Å²) >= 11 is 0. The van der Waals surface area contributed by atoms with E-state index in [2.05, 4.69) is 10.3 Å². The standard InChI is InChI=1S/C12H14FN3O/c13-8-3-4-10-11(6-8)16(12(17)15-10)7-9-2-1-5-14-9/h3-4,6,9,14H,1-2,5,7H2,(H,15,17). The molecule has 1 aromatic carbocycles. The highest BCUT2D eigenvalue weighted by Crippen LogP contribution is 2.14. The lowest BCUT2D eigenvalue weighted by atomic mass is 10.2. The number of imidazole rings is 1. The van der Waals surface area contributed by atoms with Crippen LogP contribution in [0, 0.1) is 5.82 Å². The Labute approximate surface area is 97.4 Å². The topological polar surface area (TPSA) is 49.8 Å². The minimum absolute atomic E-state index is 0.167. The number of hydrogen-bond donors (Lipinski definition) is 2. The van der Waals surface area contributed by atoms with E-state index in [4.69, 9.17) is 0 Å². The van der Waals surface area contributed by atoms with Crippen molar-refractivity contribution in [1.82, 2.24) is 14.9 Å². The number of nitrogens with zero attached hydrogens (tertiary/aromatic N) is 1. The second-order valence-electron chi connectivity index (χ2n) is 4.50. The van der Waals surface area contributed by atoms with Crippen LogP contribution in [-0.2, 0) is 6.54 Å². The van der Waals surface area contributed by atoms with Gasteiger partial charge in [0.2, 0.25) is 0 Å². The second kappa shape index (κ2) is 4.00. The van der Waals surface area contributed by atoms with Gasteiger partial charge in [-0.3, -0.25) is 4.57 Å². The molecule has 2 aromatic rings. The van der Waals surface area contributed by atoms with E-state index in [0.29, 0.717) is 23.6 Å². The van der Waals surface area contributed by atoms with Gasteiger partial charge in [0, 0.05) is 12.6 Å². The fourth-order valence-corrected chi connectivity index (χ4v) is 2.44. The third-order valence-corrected chi connectivity index (χ3v) is 3.30. The third kappa shape index (κ3) is 1.86. The number of halogens is 1. The normalized spacial score (nSPS) is 20.2. The highest BCUT2D eigenvalue weighted by Gasteiger charge is 2.17. The van der Waals surface area contributed by atoms with E-state index >= 15 is 0 Å². The molecule has 1 atom stereocenters. The van der Waals surface area contributed by atoms with Crippen LogP contribution in [0.25, 0.3) is 11.0 Å². The average molecular weight is 235 g/mol. The number of aromatic nitrogens is 2. The number of rotatable bonds is 2. The first kappa shape index (κ1) is 10.5. The summed E-state index contributed by atoms with van der Waals surface area (Å²) in [6.07, 6.45) is 2.20. The fraction of sp³-hybridized carbons (Fsp3) is 0.417. The summed E-state index contributed by atoms with van der Waals surface area (Å²) in [5, 5.41) is 3.33. The lowest BCUT2D eigenvalue weighted by Gasteiger charge is -2.10. The molecule has 0 radical (unpaired) electrons. The summed E-state index contributed by atoms with van der Waals surface area (Å²) in [7, 11) is 0.